The molecule has 3 rings (SSSR count). The molecule has 7 nitrogen and oxygen atoms in total. The molecule has 2 heterocycles. The summed E-state index contributed by atoms with van der Waals surface area (Å²) in [4.78, 5) is 36.7. The highest BCUT2D eigenvalue weighted by Crippen LogP contribution is 2.31. The molecular formula is C15H10N4O3S. The highest BCUT2D eigenvalue weighted by molar-refractivity contribution is 7.14. The SMILES string of the molecule is N#Cc1c(CN2C(=O)c3ccccc3C2=O)csc1NC(N)=O. The van der Waals surface area contributed by atoms with Crippen molar-refractivity contribution in [2.75, 3.05) is 5.32 Å². The number of primary amides is 1. The van der Waals surface area contributed by atoms with Crippen LogP contribution in [0, 0.1) is 11.3 Å². The average Bonchev–Trinajstić information content (AvgIpc) is 3.01. The normalized spacial score (nSPS) is 12.9. The van der Waals surface area contributed by atoms with Gasteiger partial charge in [-0.15, -0.1) is 11.3 Å². The monoisotopic (exact) mass is 326 g/mol. The number of urea groups is 1. The number of thiophene rings is 1. The maximum atomic E-state index is 12.3. The van der Waals surface area contributed by atoms with Crippen LogP contribution in [0.1, 0.15) is 31.8 Å². The molecule has 8 heteroatoms. The van der Waals surface area contributed by atoms with E-state index in [0.29, 0.717) is 21.7 Å². The van der Waals surface area contributed by atoms with Crippen molar-refractivity contribution in [3.05, 3.63) is 51.9 Å². The number of carbonyl (C=O) groups is 3. The third-order valence-corrected chi connectivity index (χ3v) is 4.37. The molecule has 2 aromatic rings. The maximum absolute atomic E-state index is 12.3. The van der Waals surface area contributed by atoms with E-state index in [-0.39, 0.29) is 12.1 Å². The highest BCUT2D eigenvalue weighted by atomic mass is 32.1. The Morgan fingerprint density at radius 1 is 1.26 bits per heavy atom. The minimum Gasteiger partial charge on any atom is -0.351 e. The number of nitrogens with one attached hydrogen (secondary N) is 1. The van der Waals surface area contributed by atoms with Crippen molar-refractivity contribution >= 4 is 34.2 Å². The molecular weight excluding hydrogens is 316 g/mol. The molecule has 1 aromatic heterocycles. The number of nitrogens with two attached hydrogens (primary N) is 1. The molecule has 1 aliphatic rings. The third-order valence-electron chi connectivity index (χ3n) is 3.42. The van der Waals surface area contributed by atoms with Gasteiger partial charge in [-0.25, -0.2) is 4.79 Å². The smallest absolute Gasteiger partial charge is 0.317 e. The van der Waals surface area contributed by atoms with Gasteiger partial charge in [0.05, 0.1) is 23.2 Å². The molecule has 1 aromatic carbocycles. The van der Waals surface area contributed by atoms with Crippen LogP contribution in [0.5, 0.6) is 0 Å². The minimum atomic E-state index is -0.782. The zero-order valence-corrected chi connectivity index (χ0v) is 12.5. The number of nitrogens with zero attached hydrogens (tertiary/aromatic N) is 2. The maximum Gasteiger partial charge on any atom is 0.317 e. The van der Waals surface area contributed by atoms with E-state index in [0.717, 1.165) is 16.2 Å². The lowest BCUT2D eigenvalue weighted by atomic mass is 10.1. The second-order valence-electron chi connectivity index (χ2n) is 4.81. The molecule has 0 bridgehead atoms. The van der Waals surface area contributed by atoms with E-state index in [2.05, 4.69) is 5.32 Å². The number of hydrogen-bond donors (Lipinski definition) is 2. The highest BCUT2D eigenvalue weighted by Gasteiger charge is 2.35. The topological polar surface area (TPSA) is 116 Å². The van der Waals surface area contributed by atoms with Crippen LogP contribution in [0.25, 0.3) is 0 Å². The van der Waals surface area contributed by atoms with Crippen molar-refractivity contribution in [3.8, 4) is 6.07 Å². The molecule has 3 N–H and O–H groups in total. The molecule has 0 radical (unpaired) electrons. The van der Waals surface area contributed by atoms with E-state index in [9.17, 15) is 19.6 Å². The van der Waals surface area contributed by atoms with Gasteiger partial charge in [0.1, 0.15) is 11.1 Å². The number of rotatable bonds is 3. The Morgan fingerprint density at radius 2 is 1.87 bits per heavy atom. The zero-order chi connectivity index (χ0) is 16.6. The van der Waals surface area contributed by atoms with Gasteiger partial charge in [0, 0.05) is 5.56 Å². The molecule has 114 valence electrons. The van der Waals surface area contributed by atoms with Crippen LogP contribution >= 0.6 is 11.3 Å². The summed E-state index contributed by atoms with van der Waals surface area (Å²) < 4.78 is 0. The first kappa shape index (κ1) is 14.7. The molecule has 0 saturated heterocycles. The van der Waals surface area contributed by atoms with Gasteiger partial charge in [-0.2, -0.15) is 5.26 Å². The van der Waals surface area contributed by atoms with Crippen molar-refractivity contribution < 1.29 is 14.4 Å². The van der Waals surface area contributed by atoms with E-state index < -0.39 is 17.8 Å². The largest absolute Gasteiger partial charge is 0.351 e. The lowest BCUT2D eigenvalue weighted by Gasteiger charge is -2.13. The molecule has 4 amide bonds. The number of hydrogen-bond acceptors (Lipinski definition) is 5. The lowest BCUT2D eigenvalue weighted by Crippen LogP contribution is -2.29. The van der Waals surface area contributed by atoms with Crippen LogP contribution in [0.4, 0.5) is 9.80 Å². The van der Waals surface area contributed by atoms with Crippen molar-refractivity contribution in [3.63, 3.8) is 0 Å². The lowest BCUT2D eigenvalue weighted by molar-refractivity contribution is 0.0642. The van der Waals surface area contributed by atoms with Gasteiger partial charge in [0.25, 0.3) is 11.8 Å². The molecule has 0 unspecified atom stereocenters. The second-order valence-corrected chi connectivity index (χ2v) is 5.69. The Balaban J connectivity index is 1.91. The van der Waals surface area contributed by atoms with E-state index in [1.54, 1.807) is 29.6 Å². The summed E-state index contributed by atoms with van der Waals surface area (Å²) >= 11 is 1.12. The van der Waals surface area contributed by atoms with Crippen molar-refractivity contribution in [2.24, 2.45) is 5.73 Å². The molecule has 0 saturated carbocycles. The van der Waals surface area contributed by atoms with Crippen LogP contribution in [0.15, 0.2) is 29.6 Å². The quantitative estimate of drug-likeness (QED) is 0.838. The molecule has 1 aliphatic heterocycles. The fourth-order valence-electron chi connectivity index (χ4n) is 2.39. The van der Waals surface area contributed by atoms with Gasteiger partial charge in [0.15, 0.2) is 0 Å². The first-order valence-corrected chi connectivity index (χ1v) is 7.43. The van der Waals surface area contributed by atoms with Gasteiger partial charge < -0.3 is 5.73 Å². The Labute approximate surface area is 134 Å². The van der Waals surface area contributed by atoms with Crippen LogP contribution in [-0.4, -0.2) is 22.7 Å². The van der Waals surface area contributed by atoms with Gasteiger partial charge >= 0.3 is 6.03 Å². The third kappa shape index (κ3) is 2.43. The number of nitriles is 1. The van der Waals surface area contributed by atoms with Crippen molar-refractivity contribution in [1.82, 2.24) is 4.90 Å². The minimum absolute atomic E-state index is 0.0355. The Morgan fingerprint density at radius 3 is 2.39 bits per heavy atom. The van der Waals surface area contributed by atoms with Gasteiger partial charge in [-0.3, -0.25) is 19.8 Å². The van der Waals surface area contributed by atoms with Crippen molar-refractivity contribution in [1.29, 1.82) is 5.26 Å². The van der Waals surface area contributed by atoms with E-state index in [1.807, 2.05) is 6.07 Å². The predicted molar refractivity (Wildman–Crippen MR) is 82.9 cm³/mol. The zero-order valence-electron chi connectivity index (χ0n) is 11.7. The van der Waals surface area contributed by atoms with Crippen LogP contribution in [0.2, 0.25) is 0 Å². The van der Waals surface area contributed by atoms with Crippen LogP contribution in [-0.2, 0) is 6.54 Å². The van der Waals surface area contributed by atoms with Gasteiger partial charge in [0.2, 0.25) is 0 Å². The number of amides is 4. The summed E-state index contributed by atoms with van der Waals surface area (Å²) in [6.45, 7) is -0.0355. The van der Waals surface area contributed by atoms with E-state index in [4.69, 9.17) is 5.73 Å². The first-order valence-electron chi connectivity index (χ1n) is 6.55. The molecule has 0 aliphatic carbocycles. The standard InChI is InChI=1S/C15H10N4O3S/c16-5-11-8(7-23-12(11)18-15(17)22)6-19-13(20)9-3-1-2-4-10(9)14(19)21/h1-4,7H,6H2,(H3,17,18,22). The Hall–Kier alpha value is -3.18. The van der Waals surface area contributed by atoms with Crippen LogP contribution in [0.3, 0.4) is 0 Å². The number of imide groups is 1. The number of anilines is 1. The predicted octanol–water partition coefficient (Wildman–Crippen LogP) is 1.91. The Bertz CT molecular complexity index is 846. The second kappa shape index (κ2) is 5.55. The molecule has 0 fully saturated rings. The van der Waals surface area contributed by atoms with E-state index >= 15 is 0 Å². The summed E-state index contributed by atoms with van der Waals surface area (Å²) in [6.07, 6.45) is 0. The summed E-state index contributed by atoms with van der Waals surface area (Å²) in [7, 11) is 0. The number of benzene rings is 1. The average molecular weight is 326 g/mol. The molecule has 23 heavy (non-hydrogen) atoms. The summed E-state index contributed by atoms with van der Waals surface area (Å²) in [6, 6.07) is 7.74. The summed E-state index contributed by atoms with van der Waals surface area (Å²) in [5.41, 5.74) is 6.43. The molecule has 0 spiro atoms. The number of carbonyl (C=O) groups excluding carboxylic acids is 3. The summed E-state index contributed by atoms with van der Waals surface area (Å²) in [5.74, 6) is -0.796. The Kier molecular flexibility index (Phi) is 3.56. The number of fused-ring (bicyclic) bond motifs is 1. The van der Waals surface area contributed by atoms with Crippen molar-refractivity contribution in [2.45, 2.75) is 6.54 Å². The molecule has 0 atom stereocenters. The van der Waals surface area contributed by atoms with Gasteiger partial charge in [-0.1, -0.05) is 12.1 Å². The summed E-state index contributed by atoms with van der Waals surface area (Å²) in [5, 5.41) is 13.5. The van der Waals surface area contributed by atoms with Crippen LogP contribution < -0.4 is 11.1 Å². The fourth-order valence-corrected chi connectivity index (χ4v) is 3.30. The first-order chi connectivity index (χ1) is 11.0. The van der Waals surface area contributed by atoms with Gasteiger partial charge in [-0.05, 0) is 17.5 Å². The van der Waals surface area contributed by atoms with E-state index in [1.165, 1.54) is 0 Å². The fraction of sp³-hybridized carbons (Fsp3) is 0.0667.